The Bertz CT molecular complexity index is 796. The molecule has 1 fully saturated rings. The van der Waals surface area contributed by atoms with Gasteiger partial charge in [0.25, 0.3) is 0 Å². The third-order valence-corrected chi connectivity index (χ3v) is 4.95. The van der Waals surface area contributed by atoms with Crippen molar-refractivity contribution >= 4 is 17.5 Å². The van der Waals surface area contributed by atoms with Crippen LogP contribution in [0.15, 0.2) is 48.5 Å². The lowest BCUT2D eigenvalue weighted by Gasteiger charge is -2.34. The Hall–Kier alpha value is -2.66. The zero-order valence-corrected chi connectivity index (χ0v) is 16.1. The van der Waals surface area contributed by atoms with E-state index in [-0.39, 0.29) is 18.2 Å². The van der Waals surface area contributed by atoms with Crippen LogP contribution in [0.3, 0.4) is 0 Å². The minimum Gasteiger partial charge on any atom is -0.340 e. The second-order valence-corrected chi connectivity index (χ2v) is 7.19. The van der Waals surface area contributed by atoms with Crippen molar-refractivity contribution in [1.82, 2.24) is 9.80 Å². The van der Waals surface area contributed by atoms with E-state index in [0.717, 1.165) is 36.4 Å². The molecule has 3 rings (SSSR count). The molecule has 1 heterocycles. The van der Waals surface area contributed by atoms with E-state index in [1.165, 1.54) is 5.56 Å². The molecule has 2 aromatic rings. The van der Waals surface area contributed by atoms with Crippen LogP contribution in [0.1, 0.15) is 23.1 Å². The highest BCUT2D eigenvalue weighted by molar-refractivity contribution is 6.03. The average molecular weight is 365 g/mol. The second kappa shape index (κ2) is 8.82. The lowest BCUT2D eigenvalue weighted by molar-refractivity contribution is -0.136. The van der Waals surface area contributed by atoms with Gasteiger partial charge in [-0.05, 0) is 36.6 Å². The van der Waals surface area contributed by atoms with Gasteiger partial charge in [0.15, 0.2) is 0 Å². The first-order valence-electron chi connectivity index (χ1n) is 9.42. The average Bonchev–Trinajstić information content (AvgIpc) is 2.66. The lowest BCUT2D eigenvalue weighted by atomic mass is 10.1. The molecule has 27 heavy (non-hydrogen) atoms. The summed E-state index contributed by atoms with van der Waals surface area (Å²) in [4.78, 5) is 28.9. The summed E-state index contributed by atoms with van der Waals surface area (Å²) in [5.41, 5.74) is 4.14. The van der Waals surface area contributed by atoms with Crippen molar-refractivity contribution in [3.05, 3.63) is 65.2 Å². The number of aryl methyl sites for hydroxylation is 2. The number of carbonyl (C=O) groups excluding carboxylic acids is 2. The Balaban J connectivity index is 1.46. The van der Waals surface area contributed by atoms with Crippen LogP contribution in [-0.4, -0.2) is 47.8 Å². The Kier molecular flexibility index (Phi) is 6.24. The van der Waals surface area contributed by atoms with Crippen molar-refractivity contribution in [3.8, 4) is 0 Å². The molecule has 0 unspecified atom stereocenters. The Morgan fingerprint density at radius 2 is 1.67 bits per heavy atom. The molecular formula is C22H27N3O2. The number of nitrogens with one attached hydrogen (secondary N) is 1. The number of rotatable bonds is 5. The van der Waals surface area contributed by atoms with Gasteiger partial charge in [0.05, 0.1) is 0 Å². The van der Waals surface area contributed by atoms with Gasteiger partial charge >= 0.3 is 0 Å². The predicted octanol–water partition coefficient (Wildman–Crippen LogP) is 2.98. The van der Waals surface area contributed by atoms with Crippen molar-refractivity contribution in [3.63, 3.8) is 0 Å². The Morgan fingerprint density at radius 1 is 0.963 bits per heavy atom. The quantitative estimate of drug-likeness (QED) is 0.829. The number of hydrogen-bond donors (Lipinski definition) is 1. The maximum atomic E-state index is 12.5. The molecular weight excluding hydrogens is 338 g/mol. The summed E-state index contributed by atoms with van der Waals surface area (Å²) in [6.07, 6.45) is -0.105. The molecule has 0 radical (unpaired) electrons. The van der Waals surface area contributed by atoms with Gasteiger partial charge in [0, 0.05) is 38.4 Å². The van der Waals surface area contributed by atoms with Crippen molar-refractivity contribution < 1.29 is 9.59 Å². The summed E-state index contributed by atoms with van der Waals surface area (Å²) in [6.45, 7) is 7.83. The van der Waals surface area contributed by atoms with Crippen LogP contribution >= 0.6 is 0 Å². The highest BCUT2D eigenvalue weighted by atomic mass is 16.2. The summed E-state index contributed by atoms with van der Waals surface area (Å²) >= 11 is 0. The summed E-state index contributed by atoms with van der Waals surface area (Å²) in [5, 5.41) is 2.87. The van der Waals surface area contributed by atoms with Crippen molar-refractivity contribution in [2.45, 2.75) is 26.8 Å². The number of carbonyl (C=O) groups is 2. The fraction of sp³-hybridized carbons (Fsp3) is 0.364. The molecule has 2 amide bonds. The van der Waals surface area contributed by atoms with Crippen LogP contribution in [0.5, 0.6) is 0 Å². The predicted molar refractivity (Wildman–Crippen MR) is 107 cm³/mol. The van der Waals surface area contributed by atoms with E-state index < -0.39 is 0 Å². The number of piperazine rings is 1. The zero-order valence-electron chi connectivity index (χ0n) is 16.1. The molecule has 0 bridgehead atoms. The molecule has 1 saturated heterocycles. The topological polar surface area (TPSA) is 52.7 Å². The van der Waals surface area contributed by atoms with E-state index >= 15 is 0 Å². The summed E-state index contributed by atoms with van der Waals surface area (Å²) in [6, 6.07) is 16.3. The van der Waals surface area contributed by atoms with Gasteiger partial charge in [-0.1, -0.05) is 42.5 Å². The largest absolute Gasteiger partial charge is 0.340 e. The van der Waals surface area contributed by atoms with E-state index in [1.807, 2.05) is 50.2 Å². The SMILES string of the molecule is Cc1ccc(C)c(NC(=O)CC(=O)N2CCN(Cc3ccccc3)CC2)c1. The third kappa shape index (κ3) is 5.41. The maximum Gasteiger partial charge on any atom is 0.233 e. The molecule has 2 aromatic carbocycles. The lowest BCUT2D eigenvalue weighted by Crippen LogP contribution is -2.48. The van der Waals surface area contributed by atoms with Crippen molar-refractivity contribution in [2.75, 3.05) is 31.5 Å². The van der Waals surface area contributed by atoms with Crippen molar-refractivity contribution in [2.24, 2.45) is 0 Å². The molecule has 142 valence electrons. The minimum atomic E-state index is -0.250. The van der Waals surface area contributed by atoms with E-state index in [0.29, 0.717) is 13.1 Å². The van der Waals surface area contributed by atoms with Crippen LogP contribution < -0.4 is 5.32 Å². The third-order valence-electron chi connectivity index (χ3n) is 4.95. The number of benzene rings is 2. The van der Waals surface area contributed by atoms with Gasteiger partial charge < -0.3 is 10.2 Å². The summed E-state index contributed by atoms with van der Waals surface area (Å²) in [7, 11) is 0. The highest BCUT2D eigenvalue weighted by Crippen LogP contribution is 2.17. The van der Waals surface area contributed by atoms with Gasteiger partial charge in [0.2, 0.25) is 11.8 Å². The Morgan fingerprint density at radius 3 is 2.37 bits per heavy atom. The fourth-order valence-corrected chi connectivity index (χ4v) is 3.31. The molecule has 0 saturated carbocycles. The molecule has 0 aromatic heterocycles. The first kappa shape index (κ1) is 19.1. The standard InChI is InChI=1S/C22H27N3O2/c1-17-8-9-18(2)20(14-17)23-21(26)15-22(27)25-12-10-24(11-13-25)16-19-6-4-3-5-7-19/h3-9,14H,10-13,15-16H2,1-2H3,(H,23,26). The molecule has 1 aliphatic heterocycles. The maximum absolute atomic E-state index is 12.5. The first-order chi connectivity index (χ1) is 13.0. The van der Waals surface area contributed by atoms with Crippen LogP contribution in [0.25, 0.3) is 0 Å². The van der Waals surface area contributed by atoms with Crippen LogP contribution in [-0.2, 0) is 16.1 Å². The molecule has 5 heteroatoms. The van der Waals surface area contributed by atoms with Gasteiger partial charge in [-0.15, -0.1) is 0 Å². The number of hydrogen-bond acceptors (Lipinski definition) is 3. The summed E-state index contributed by atoms with van der Waals surface area (Å²) in [5.74, 6) is -0.349. The van der Waals surface area contributed by atoms with Gasteiger partial charge in [-0.3, -0.25) is 14.5 Å². The monoisotopic (exact) mass is 365 g/mol. The van der Waals surface area contributed by atoms with E-state index in [4.69, 9.17) is 0 Å². The molecule has 5 nitrogen and oxygen atoms in total. The van der Waals surface area contributed by atoms with Gasteiger partial charge in [0.1, 0.15) is 6.42 Å². The molecule has 1 N–H and O–H groups in total. The normalized spacial score (nSPS) is 14.8. The van der Waals surface area contributed by atoms with Crippen LogP contribution in [0.4, 0.5) is 5.69 Å². The fourth-order valence-electron chi connectivity index (χ4n) is 3.31. The number of amides is 2. The summed E-state index contributed by atoms with van der Waals surface area (Å²) < 4.78 is 0. The molecule has 1 aliphatic rings. The number of nitrogens with zero attached hydrogens (tertiary/aromatic N) is 2. The van der Waals surface area contributed by atoms with Crippen LogP contribution in [0.2, 0.25) is 0 Å². The minimum absolute atomic E-state index is 0.0998. The zero-order chi connectivity index (χ0) is 19.2. The highest BCUT2D eigenvalue weighted by Gasteiger charge is 2.23. The first-order valence-corrected chi connectivity index (χ1v) is 9.42. The van der Waals surface area contributed by atoms with Gasteiger partial charge in [-0.25, -0.2) is 0 Å². The van der Waals surface area contributed by atoms with E-state index in [2.05, 4.69) is 22.3 Å². The molecule has 0 atom stereocenters. The molecule has 0 spiro atoms. The van der Waals surface area contributed by atoms with Crippen molar-refractivity contribution in [1.29, 1.82) is 0 Å². The Labute approximate surface area is 161 Å². The van der Waals surface area contributed by atoms with E-state index in [9.17, 15) is 9.59 Å². The van der Waals surface area contributed by atoms with Crippen LogP contribution in [0, 0.1) is 13.8 Å². The van der Waals surface area contributed by atoms with E-state index in [1.54, 1.807) is 4.90 Å². The second-order valence-electron chi connectivity index (χ2n) is 7.19. The van der Waals surface area contributed by atoms with Gasteiger partial charge in [-0.2, -0.15) is 0 Å². The smallest absolute Gasteiger partial charge is 0.233 e. The number of anilines is 1. The molecule has 0 aliphatic carbocycles.